The number of hydrogen-bond donors (Lipinski definition) is 0. The summed E-state index contributed by atoms with van der Waals surface area (Å²) >= 11 is 0. The number of allylic oxidation sites excluding steroid dienone is 1. The molecule has 0 unspecified atom stereocenters. The largest absolute Gasteiger partial charge is 0.460 e. The quantitative estimate of drug-likeness (QED) is 0.466. The van der Waals surface area contributed by atoms with Gasteiger partial charge >= 0.3 is 5.97 Å². The maximum Gasteiger partial charge on any atom is 0.336 e. The Morgan fingerprint density at radius 1 is 0.950 bits per heavy atom. The van der Waals surface area contributed by atoms with Gasteiger partial charge in [-0.15, -0.1) is 0 Å². The van der Waals surface area contributed by atoms with E-state index in [9.17, 15) is 4.79 Å². The minimum atomic E-state index is -0.218. The summed E-state index contributed by atoms with van der Waals surface area (Å²) in [5, 5.41) is 0. The van der Waals surface area contributed by atoms with Crippen molar-refractivity contribution in [2.24, 2.45) is 11.8 Å². The summed E-state index contributed by atoms with van der Waals surface area (Å²) in [5.41, 5.74) is 1.91. The Morgan fingerprint density at radius 3 is 1.80 bits per heavy atom. The van der Waals surface area contributed by atoms with Crippen molar-refractivity contribution in [3.63, 3.8) is 0 Å². The molecule has 118 valence electrons. The molecule has 0 radical (unpaired) electrons. The highest BCUT2D eigenvalue weighted by Gasteiger charge is 2.19. The first kappa shape index (κ1) is 19.2. The monoisotopic (exact) mass is 284 g/mol. The van der Waals surface area contributed by atoms with Gasteiger partial charge in [0.15, 0.2) is 0 Å². The Hall–Kier alpha value is -0.830. The predicted octanol–water partition coefficient (Wildman–Crippen LogP) is 4.36. The lowest BCUT2D eigenvalue weighted by Crippen LogP contribution is -2.20. The molecule has 0 heterocycles. The van der Waals surface area contributed by atoms with E-state index in [-0.39, 0.29) is 12.1 Å². The Balaban J connectivity index is 5.29. The molecule has 0 aromatic heterocycles. The molecular weight excluding hydrogens is 252 g/mol. The molecule has 0 aromatic carbocycles. The van der Waals surface area contributed by atoms with Crippen LogP contribution in [0.5, 0.6) is 0 Å². The molecule has 0 aliphatic rings. The Labute approximate surface area is 124 Å². The molecule has 0 fully saturated rings. The van der Waals surface area contributed by atoms with Crippen LogP contribution in [0.3, 0.4) is 0 Å². The maximum atomic E-state index is 12.3. The molecule has 0 N–H and O–H groups in total. The molecule has 0 aromatic rings. The van der Waals surface area contributed by atoms with Crippen molar-refractivity contribution < 1.29 is 14.3 Å². The van der Waals surface area contributed by atoms with Gasteiger partial charge in [-0.05, 0) is 45.4 Å². The second-order valence-electron chi connectivity index (χ2n) is 6.37. The van der Waals surface area contributed by atoms with E-state index >= 15 is 0 Å². The molecule has 0 aliphatic carbocycles. The highest BCUT2D eigenvalue weighted by atomic mass is 16.5. The van der Waals surface area contributed by atoms with Crippen LogP contribution < -0.4 is 0 Å². The number of carbonyl (C=O) groups is 1. The smallest absolute Gasteiger partial charge is 0.336 e. The van der Waals surface area contributed by atoms with E-state index in [4.69, 9.17) is 9.47 Å². The normalized spacial score (nSPS) is 11.3. The lowest BCUT2D eigenvalue weighted by atomic mass is 9.91. The Bertz CT molecular complexity index is 302. The summed E-state index contributed by atoms with van der Waals surface area (Å²) in [6.07, 6.45) is 1.75. The number of hydrogen-bond acceptors (Lipinski definition) is 3. The van der Waals surface area contributed by atoms with Crippen LogP contribution in [0, 0.1) is 11.8 Å². The van der Waals surface area contributed by atoms with Gasteiger partial charge in [-0.1, -0.05) is 33.3 Å². The Kier molecular flexibility index (Phi) is 9.56. The molecule has 0 bridgehead atoms. The summed E-state index contributed by atoms with van der Waals surface area (Å²) in [7, 11) is 0. The zero-order chi connectivity index (χ0) is 15.7. The average Bonchev–Trinajstić information content (AvgIpc) is 2.26. The predicted molar refractivity (Wildman–Crippen MR) is 83.7 cm³/mol. The highest BCUT2D eigenvalue weighted by molar-refractivity contribution is 5.89. The minimum absolute atomic E-state index is 0.0986. The van der Waals surface area contributed by atoms with Crippen LogP contribution in [-0.2, 0) is 14.3 Å². The van der Waals surface area contributed by atoms with E-state index in [1.54, 1.807) is 0 Å². The number of carbonyl (C=O) groups excluding carboxylic acids is 1. The third-order valence-corrected chi connectivity index (χ3v) is 2.78. The third-order valence-electron chi connectivity index (χ3n) is 2.78. The van der Waals surface area contributed by atoms with E-state index in [1.165, 1.54) is 5.57 Å². The van der Waals surface area contributed by atoms with Crippen LogP contribution >= 0.6 is 0 Å². The minimum Gasteiger partial charge on any atom is -0.460 e. The third kappa shape index (κ3) is 8.36. The lowest BCUT2D eigenvalue weighted by molar-refractivity contribution is -0.143. The fourth-order valence-electron chi connectivity index (χ4n) is 2.11. The molecule has 0 saturated carbocycles. The van der Waals surface area contributed by atoms with E-state index < -0.39 is 0 Å². The average molecular weight is 284 g/mol. The standard InChI is InChI=1S/C17H32O3/c1-8-19-11-16(17(18)20-14(6)7)15(9-12(2)3)10-13(4)5/h12-14H,8-11H2,1-7H3. The van der Waals surface area contributed by atoms with Gasteiger partial charge in [0.1, 0.15) is 0 Å². The fourth-order valence-corrected chi connectivity index (χ4v) is 2.11. The topological polar surface area (TPSA) is 35.5 Å². The van der Waals surface area contributed by atoms with Crippen molar-refractivity contribution in [1.82, 2.24) is 0 Å². The maximum absolute atomic E-state index is 12.3. The van der Waals surface area contributed by atoms with Gasteiger partial charge < -0.3 is 9.47 Å². The Morgan fingerprint density at radius 2 is 1.45 bits per heavy atom. The molecular formula is C17H32O3. The van der Waals surface area contributed by atoms with E-state index in [1.807, 2.05) is 20.8 Å². The SMILES string of the molecule is CCOCC(C(=O)OC(C)C)=C(CC(C)C)CC(C)C. The van der Waals surface area contributed by atoms with Crippen LogP contribution in [0.2, 0.25) is 0 Å². The fraction of sp³-hybridized carbons (Fsp3) is 0.824. The summed E-state index contributed by atoms with van der Waals surface area (Å²) in [6.45, 7) is 15.3. The van der Waals surface area contributed by atoms with Crippen LogP contribution in [-0.4, -0.2) is 25.3 Å². The van der Waals surface area contributed by atoms with Crippen LogP contribution in [0.15, 0.2) is 11.1 Å². The van der Waals surface area contributed by atoms with Gasteiger partial charge in [0, 0.05) is 6.61 Å². The van der Waals surface area contributed by atoms with Crippen molar-refractivity contribution in [2.45, 2.75) is 67.4 Å². The summed E-state index contributed by atoms with van der Waals surface area (Å²) in [6, 6.07) is 0. The van der Waals surface area contributed by atoms with Crippen LogP contribution in [0.1, 0.15) is 61.3 Å². The van der Waals surface area contributed by atoms with E-state index in [0.29, 0.717) is 25.0 Å². The molecule has 3 heteroatoms. The summed E-state index contributed by atoms with van der Waals surface area (Å²) in [4.78, 5) is 12.3. The summed E-state index contributed by atoms with van der Waals surface area (Å²) in [5.74, 6) is 0.823. The van der Waals surface area contributed by atoms with Gasteiger partial charge in [-0.2, -0.15) is 0 Å². The van der Waals surface area contributed by atoms with Crippen molar-refractivity contribution >= 4 is 5.97 Å². The van der Waals surface area contributed by atoms with Crippen molar-refractivity contribution in [3.8, 4) is 0 Å². The first-order valence-electron chi connectivity index (χ1n) is 7.77. The zero-order valence-electron chi connectivity index (χ0n) is 14.3. The van der Waals surface area contributed by atoms with Crippen molar-refractivity contribution in [2.75, 3.05) is 13.2 Å². The molecule has 0 rings (SSSR count). The number of esters is 1. The molecule has 0 amide bonds. The van der Waals surface area contributed by atoms with Gasteiger partial charge in [0.05, 0.1) is 18.3 Å². The second kappa shape index (κ2) is 9.98. The molecule has 20 heavy (non-hydrogen) atoms. The van der Waals surface area contributed by atoms with Gasteiger partial charge in [-0.25, -0.2) is 4.79 Å². The van der Waals surface area contributed by atoms with Crippen molar-refractivity contribution in [3.05, 3.63) is 11.1 Å². The van der Waals surface area contributed by atoms with Gasteiger partial charge in [-0.3, -0.25) is 0 Å². The second-order valence-corrected chi connectivity index (χ2v) is 6.37. The molecule has 0 spiro atoms. The highest BCUT2D eigenvalue weighted by Crippen LogP contribution is 2.24. The molecule has 0 atom stereocenters. The number of rotatable bonds is 9. The van der Waals surface area contributed by atoms with E-state index in [2.05, 4.69) is 27.7 Å². The molecule has 3 nitrogen and oxygen atoms in total. The molecule has 0 saturated heterocycles. The van der Waals surface area contributed by atoms with Gasteiger partial charge in [0.2, 0.25) is 0 Å². The van der Waals surface area contributed by atoms with Gasteiger partial charge in [0.25, 0.3) is 0 Å². The first-order valence-corrected chi connectivity index (χ1v) is 7.77. The zero-order valence-corrected chi connectivity index (χ0v) is 14.3. The first-order chi connectivity index (χ1) is 9.27. The van der Waals surface area contributed by atoms with Crippen LogP contribution in [0.4, 0.5) is 0 Å². The van der Waals surface area contributed by atoms with E-state index in [0.717, 1.165) is 18.4 Å². The summed E-state index contributed by atoms with van der Waals surface area (Å²) < 4.78 is 10.9. The van der Waals surface area contributed by atoms with Crippen LogP contribution in [0.25, 0.3) is 0 Å². The molecule has 0 aliphatic heterocycles. The van der Waals surface area contributed by atoms with Crippen molar-refractivity contribution in [1.29, 1.82) is 0 Å². The number of ether oxygens (including phenoxy) is 2. The lowest BCUT2D eigenvalue weighted by Gasteiger charge is -2.19.